The number of hydrogen-bond donors (Lipinski definition) is 1. The summed E-state index contributed by atoms with van der Waals surface area (Å²) in [6.07, 6.45) is 6.51. The Kier molecular flexibility index (Phi) is 6.78. The Morgan fingerprint density at radius 1 is 1.21 bits per heavy atom. The molecule has 1 aromatic carbocycles. The molecular formula is C18H26ClFN4. The van der Waals surface area contributed by atoms with Crippen LogP contribution in [0.1, 0.15) is 30.9 Å². The van der Waals surface area contributed by atoms with Crippen molar-refractivity contribution in [1.29, 1.82) is 0 Å². The van der Waals surface area contributed by atoms with Crippen LogP contribution in [0.3, 0.4) is 0 Å². The quantitative estimate of drug-likeness (QED) is 0.899. The van der Waals surface area contributed by atoms with Gasteiger partial charge in [0, 0.05) is 30.9 Å². The summed E-state index contributed by atoms with van der Waals surface area (Å²) in [5.74, 6) is 0.449. The van der Waals surface area contributed by atoms with E-state index in [0.29, 0.717) is 25.0 Å². The molecule has 0 radical (unpaired) electrons. The van der Waals surface area contributed by atoms with Gasteiger partial charge in [-0.2, -0.15) is 5.10 Å². The molecule has 4 nitrogen and oxygen atoms in total. The molecule has 132 valence electrons. The van der Waals surface area contributed by atoms with Crippen LogP contribution in [0, 0.1) is 11.7 Å². The average Bonchev–Trinajstić information content (AvgIpc) is 2.97. The SMILES string of the molecule is CC1CCCN(Cc2cnn(Cc3ccc(F)cc3)c2)C1CN.Cl. The maximum absolute atomic E-state index is 13.0. The Labute approximate surface area is 149 Å². The zero-order chi connectivity index (χ0) is 16.2. The molecule has 1 fully saturated rings. The van der Waals surface area contributed by atoms with E-state index in [1.54, 1.807) is 12.1 Å². The first-order valence-corrected chi connectivity index (χ1v) is 8.35. The normalized spacial score (nSPS) is 21.5. The van der Waals surface area contributed by atoms with Crippen LogP contribution in [-0.2, 0) is 13.1 Å². The van der Waals surface area contributed by atoms with Gasteiger partial charge in [-0.05, 0) is 43.0 Å². The van der Waals surface area contributed by atoms with E-state index in [1.165, 1.54) is 30.5 Å². The number of likely N-dealkylation sites (tertiary alicyclic amines) is 1. The summed E-state index contributed by atoms with van der Waals surface area (Å²) in [6, 6.07) is 7.03. The van der Waals surface area contributed by atoms with Gasteiger partial charge >= 0.3 is 0 Å². The number of benzene rings is 1. The molecule has 0 spiro atoms. The van der Waals surface area contributed by atoms with Gasteiger partial charge < -0.3 is 5.73 Å². The first-order chi connectivity index (χ1) is 11.2. The van der Waals surface area contributed by atoms with E-state index in [2.05, 4.69) is 23.1 Å². The topological polar surface area (TPSA) is 47.1 Å². The number of nitrogens with two attached hydrogens (primary N) is 1. The van der Waals surface area contributed by atoms with Gasteiger partial charge in [0.25, 0.3) is 0 Å². The first kappa shape index (κ1) is 18.9. The van der Waals surface area contributed by atoms with E-state index in [-0.39, 0.29) is 18.2 Å². The molecule has 2 heterocycles. The summed E-state index contributed by atoms with van der Waals surface area (Å²) in [4.78, 5) is 2.48. The van der Waals surface area contributed by atoms with Crippen LogP contribution in [0.15, 0.2) is 36.7 Å². The lowest BCUT2D eigenvalue weighted by Gasteiger charge is -2.39. The fraction of sp³-hybridized carbons (Fsp3) is 0.500. The van der Waals surface area contributed by atoms with Crippen LogP contribution in [-0.4, -0.2) is 33.8 Å². The molecule has 1 aliphatic heterocycles. The van der Waals surface area contributed by atoms with Crippen LogP contribution < -0.4 is 5.73 Å². The Hall–Kier alpha value is -1.43. The first-order valence-electron chi connectivity index (χ1n) is 8.35. The molecule has 0 bridgehead atoms. The highest BCUT2D eigenvalue weighted by molar-refractivity contribution is 5.85. The van der Waals surface area contributed by atoms with Crippen molar-refractivity contribution in [2.75, 3.05) is 13.1 Å². The van der Waals surface area contributed by atoms with E-state index >= 15 is 0 Å². The van der Waals surface area contributed by atoms with Crippen molar-refractivity contribution < 1.29 is 4.39 Å². The van der Waals surface area contributed by atoms with Crippen LogP contribution in [0.25, 0.3) is 0 Å². The van der Waals surface area contributed by atoms with Crippen LogP contribution in [0.5, 0.6) is 0 Å². The Morgan fingerprint density at radius 2 is 1.96 bits per heavy atom. The maximum Gasteiger partial charge on any atom is 0.123 e. The number of halogens is 2. The molecule has 0 aliphatic carbocycles. The van der Waals surface area contributed by atoms with E-state index in [0.717, 1.165) is 18.7 Å². The summed E-state index contributed by atoms with van der Waals surface area (Å²) in [5, 5.41) is 4.43. The van der Waals surface area contributed by atoms with E-state index < -0.39 is 0 Å². The summed E-state index contributed by atoms with van der Waals surface area (Å²) in [5.41, 5.74) is 8.22. The molecule has 1 aromatic heterocycles. The zero-order valence-corrected chi connectivity index (χ0v) is 14.9. The maximum atomic E-state index is 13.0. The Morgan fingerprint density at radius 3 is 2.67 bits per heavy atom. The minimum atomic E-state index is -0.207. The standard InChI is InChI=1S/C18H25FN4.ClH/c1-14-3-2-8-22(18(14)9-20)11-16-10-21-23(13-16)12-15-4-6-17(19)7-5-15;/h4-7,10,13-14,18H,2-3,8-9,11-12,20H2,1H3;1H. The van der Waals surface area contributed by atoms with Gasteiger partial charge in [-0.15, -0.1) is 12.4 Å². The van der Waals surface area contributed by atoms with Gasteiger partial charge in [0.2, 0.25) is 0 Å². The third-order valence-corrected chi connectivity index (χ3v) is 4.80. The predicted octanol–water partition coefficient (Wildman–Crippen LogP) is 3.05. The molecule has 0 saturated carbocycles. The number of nitrogens with zero attached hydrogens (tertiary/aromatic N) is 3. The molecule has 2 atom stereocenters. The van der Waals surface area contributed by atoms with Crippen molar-refractivity contribution in [1.82, 2.24) is 14.7 Å². The number of hydrogen-bond acceptors (Lipinski definition) is 3. The lowest BCUT2D eigenvalue weighted by atomic mass is 9.90. The molecule has 2 N–H and O–H groups in total. The van der Waals surface area contributed by atoms with Crippen molar-refractivity contribution in [3.63, 3.8) is 0 Å². The molecular weight excluding hydrogens is 327 g/mol. The second kappa shape index (κ2) is 8.60. The molecule has 2 unspecified atom stereocenters. The van der Waals surface area contributed by atoms with Gasteiger partial charge in [0.15, 0.2) is 0 Å². The molecule has 1 aliphatic rings. The van der Waals surface area contributed by atoms with E-state index in [1.807, 2.05) is 10.9 Å². The molecule has 6 heteroatoms. The molecule has 3 rings (SSSR count). The van der Waals surface area contributed by atoms with Crippen LogP contribution in [0.2, 0.25) is 0 Å². The minimum absolute atomic E-state index is 0. The number of rotatable bonds is 5. The predicted molar refractivity (Wildman–Crippen MR) is 96.6 cm³/mol. The van der Waals surface area contributed by atoms with Crippen LogP contribution >= 0.6 is 12.4 Å². The van der Waals surface area contributed by atoms with Crippen molar-refractivity contribution >= 4 is 12.4 Å². The van der Waals surface area contributed by atoms with Crippen molar-refractivity contribution in [3.8, 4) is 0 Å². The highest BCUT2D eigenvalue weighted by atomic mass is 35.5. The average molecular weight is 353 g/mol. The summed E-state index contributed by atoms with van der Waals surface area (Å²) in [6.45, 7) is 5.68. The van der Waals surface area contributed by atoms with Crippen LogP contribution in [0.4, 0.5) is 4.39 Å². The highest BCUT2D eigenvalue weighted by Gasteiger charge is 2.27. The fourth-order valence-electron chi connectivity index (χ4n) is 3.50. The monoisotopic (exact) mass is 352 g/mol. The summed E-state index contributed by atoms with van der Waals surface area (Å²) >= 11 is 0. The van der Waals surface area contributed by atoms with Gasteiger partial charge in [-0.3, -0.25) is 9.58 Å². The lowest BCUT2D eigenvalue weighted by Crippen LogP contribution is -2.47. The van der Waals surface area contributed by atoms with Crippen molar-refractivity contribution in [2.45, 2.75) is 38.9 Å². The number of piperidine rings is 1. The Bertz CT molecular complexity index is 628. The van der Waals surface area contributed by atoms with Gasteiger partial charge in [-0.1, -0.05) is 19.1 Å². The van der Waals surface area contributed by atoms with Gasteiger partial charge in [0.1, 0.15) is 5.82 Å². The summed E-state index contributed by atoms with van der Waals surface area (Å²) < 4.78 is 14.9. The lowest BCUT2D eigenvalue weighted by molar-refractivity contribution is 0.0990. The smallest absolute Gasteiger partial charge is 0.123 e. The number of aromatic nitrogens is 2. The second-order valence-electron chi connectivity index (χ2n) is 6.57. The molecule has 24 heavy (non-hydrogen) atoms. The third-order valence-electron chi connectivity index (χ3n) is 4.80. The van der Waals surface area contributed by atoms with Gasteiger partial charge in [-0.25, -0.2) is 4.39 Å². The molecule has 1 saturated heterocycles. The Balaban J connectivity index is 0.00000208. The summed E-state index contributed by atoms with van der Waals surface area (Å²) in [7, 11) is 0. The largest absolute Gasteiger partial charge is 0.329 e. The third kappa shape index (κ3) is 4.56. The van der Waals surface area contributed by atoms with Crippen molar-refractivity contribution in [2.24, 2.45) is 11.7 Å². The molecule has 2 aromatic rings. The zero-order valence-electron chi connectivity index (χ0n) is 14.1. The van der Waals surface area contributed by atoms with E-state index in [9.17, 15) is 4.39 Å². The second-order valence-corrected chi connectivity index (χ2v) is 6.57. The fourth-order valence-corrected chi connectivity index (χ4v) is 3.50. The highest BCUT2D eigenvalue weighted by Crippen LogP contribution is 2.24. The van der Waals surface area contributed by atoms with Gasteiger partial charge in [0.05, 0.1) is 12.7 Å². The molecule has 0 amide bonds. The minimum Gasteiger partial charge on any atom is -0.329 e. The van der Waals surface area contributed by atoms with Crippen molar-refractivity contribution in [3.05, 3.63) is 53.6 Å². The van der Waals surface area contributed by atoms with E-state index in [4.69, 9.17) is 5.73 Å².